The monoisotopic (exact) mass is 482 g/mol. The lowest BCUT2D eigenvalue weighted by Crippen LogP contribution is -2.50. The molecule has 30 heavy (non-hydrogen) atoms. The first-order valence-corrected chi connectivity index (χ1v) is 14.0. The highest BCUT2D eigenvalue weighted by molar-refractivity contribution is 9.10. The summed E-state index contributed by atoms with van der Waals surface area (Å²) in [7, 11) is 0. The zero-order valence-electron chi connectivity index (χ0n) is 20.0. The number of carbonyl (C=O) groups excluding carboxylic acids is 1. The minimum absolute atomic E-state index is 0.0654. The number of unbranched alkanes of at least 4 members (excludes halogenated alkanes) is 7. The van der Waals surface area contributed by atoms with Gasteiger partial charge in [-0.05, 0) is 82.0 Å². The summed E-state index contributed by atoms with van der Waals surface area (Å²) in [6, 6.07) is 0. The fourth-order valence-electron chi connectivity index (χ4n) is 6.99. The molecule has 0 heterocycles. The lowest BCUT2D eigenvalue weighted by Gasteiger charge is -2.55. The standard InChI is InChI=1S/C27H47BrO2/c1-4-5-6-7-8-9-10-11-12-21(2)26(3,28)13-14-30-25(29)27-18-22-15-23(19-27)17-24(16-22)20-27/h21-24H,4-20H2,1-3H3. The number of esters is 1. The fraction of sp³-hybridized carbons (Fsp3) is 0.963. The van der Waals surface area contributed by atoms with E-state index in [0.29, 0.717) is 12.5 Å². The SMILES string of the molecule is CCCCCCCCCCC(C)C(C)(Br)CCOC(=O)C12CC3CC(CC(C3)C1)C2. The van der Waals surface area contributed by atoms with Crippen LogP contribution in [0.25, 0.3) is 0 Å². The minimum Gasteiger partial charge on any atom is -0.465 e. The Balaban J connectivity index is 1.31. The van der Waals surface area contributed by atoms with Crippen LogP contribution in [0.15, 0.2) is 0 Å². The number of hydrogen-bond donors (Lipinski definition) is 0. The molecule has 0 saturated heterocycles. The number of alkyl halides is 1. The Labute approximate surface area is 194 Å². The van der Waals surface area contributed by atoms with Crippen LogP contribution in [-0.4, -0.2) is 16.9 Å². The maximum atomic E-state index is 13.1. The minimum atomic E-state index is -0.111. The Hall–Kier alpha value is -0.0500. The van der Waals surface area contributed by atoms with Crippen LogP contribution in [0.5, 0.6) is 0 Å². The average molecular weight is 484 g/mol. The van der Waals surface area contributed by atoms with Crippen molar-refractivity contribution >= 4 is 21.9 Å². The van der Waals surface area contributed by atoms with Crippen molar-refractivity contribution in [3.05, 3.63) is 0 Å². The number of hydrogen-bond acceptors (Lipinski definition) is 2. The molecule has 4 rings (SSSR count). The number of ether oxygens (including phenoxy) is 1. The average Bonchev–Trinajstić information content (AvgIpc) is 2.68. The van der Waals surface area contributed by atoms with Gasteiger partial charge in [-0.2, -0.15) is 0 Å². The molecule has 2 unspecified atom stereocenters. The molecule has 4 saturated carbocycles. The Morgan fingerprint density at radius 3 is 2.00 bits per heavy atom. The highest BCUT2D eigenvalue weighted by atomic mass is 79.9. The van der Waals surface area contributed by atoms with Crippen LogP contribution in [0.4, 0.5) is 0 Å². The first-order chi connectivity index (χ1) is 14.3. The van der Waals surface area contributed by atoms with Gasteiger partial charge < -0.3 is 4.74 Å². The van der Waals surface area contributed by atoms with E-state index in [1.807, 2.05) is 0 Å². The molecule has 4 aliphatic rings. The summed E-state index contributed by atoms with van der Waals surface area (Å²) in [6.45, 7) is 7.50. The van der Waals surface area contributed by atoms with E-state index in [1.165, 1.54) is 77.0 Å². The van der Waals surface area contributed by atoms with E-state index in [2.05, 4.69) is 36.7 Å². The fourth-order valence-corrected chi connectivity index (χ4v) is 7.38. The lowest BCUT2D eigenvalue weighted by molar-refractivity contribution is -0.171. The van der Waals surface area contributed by atoms with Gasteiger partial charge in [0.1, 0.15) is 0 Å². The third-order valence-electron chi connectivity index (χ3n) is 8.81. The zero-order chi connectivity index (χ0) is 21.6. The Morgan fingerprint density at radius 1 is 0.967 bits per heavy atom. The molecule has 174 valence electrons. The summed E-state index contributed by atoms with van der Waals surface area (Å²) < 4.78 is 6.00. The molecule has 0 aromatic heterocycles. The summed E-state index contributed by atoms with van der Waals surface area (Å²) in [5.41, 5.74) is -0.111. The molecule has 2 nitrogen and oxygen atoms in total. The van der Waals surface area contributed by atoms with Crippen molar-refractivity contribution in [1.82, 2.24) is 0 Å². The van der Waals surface area contributed by atoms with Crippen molar-refractivity contribution in [3.8, 4) is 0 Å². The molecule has 0 radical (unpaired) electrons. The second kappa shape index (κ2) is 11.2. The quantitative estimate of drug-likeness (QED) is 0.141. The van der Waals surface area contributed by atoms with Crippen molar-refractivity contribution in [1.29, 1.82) is 0 Å². The van der Waals surface area contributed by atoms with Crippen molar-refractivity contribution in [2.24, 2.45) is 29.1 Å². The molecule has 4 bridgehead atoms. The maximum Gasteiger partial charge on any atom is 0.312 e. The Bertz CT molecular complexity index is 506. The molecule has 0 aromatic rings. The summed E-state index contributed by atoms with van der Waals surface area (Å²) in [4.78, 5) is 13.1. The van der Waals surface area contributed by atoms with Gasteiger partial charge in [-0.25, -0.2) is 0 Å². The van der Waals surface area contributed by atoms with E-state index in [4.69, 9.17) is 4.74 Å². The van der Waals surface area contributed by atoms with Gasteiger partial charge in [-0.1, -0.05) is 81.1 Å². The molecule has 3 heteroatoms. The van der Waals surface area contributed by atoms with Gasteiger partial charge in [0.05, 0.1) is 12.0 Å². The molecular weight excluding hydrogens is 436 g/mol. The van der Waals surface area contributed by atoms with E-state index < -0.39 is 0 Å². The van der Waals surface area contributed by atoms with Crippen LogP contribution in [-0.2, 0) is 9.53 Å². The zero-order valence-corrected chi connectivity index (χ0v) is 21.6. The topological polar surface area (TPSA) is 26.3 Å². The highest BCUT2D eigenvalue weighted by Gasteiger charge is 2.55. The molecule has 0 amide bonds. The third-order valence-corrected chi connectivity index (χ3v) is 9.99. The first kappa shape index (κ1) is 24.6. The van der Waals surface area contributed by atoms with Crippen LogP contribution in [0.3, 0.4) is 0 Å². The van der Waals surface area contributed by atoms with Gasteiger partial charge in [0, 0.05) is 4.32 Å². The van der Waals surface area contributed by atoms with Crippen LogP contribution in [0.2, 0.25) is 0 Å². The van der Waals surface area contributed by atoms with Gasteiger partial charge in [-0.3, -0.25) is 4.79 Å². The van der Waals surface area contributed by atoms with E-state index in [0.717, 1.165) is 43.4 Å². The van der Waals surface area contributed by atoms with Gasteiger partial charge in [-0.15, -0.1) is 0 Å². The van der Waals surface area contributed by atoms with Crippen LogP contribution in [0, 0.1) is 29.1 Å². The summed E-state index contributed by atoms with van der Waals surface area (Å²) in [5.74, 6) is 3.15. The summed E-state index contributed by atoms with van der Waals surface area (Å²) in [5, 5.41) is 0. The molecule has 0 aromatic carbocycles. The van der Waals surface area contributed by atoms with Crippen LogP contribution in [0.1, 0.15) is 124 Å². The van der Waals surface area contributed by atoms with Gasteiger partial charge in [0.2, 0.25) is 0 Å². The molecule has 0 aliphatic heterocycles. The first-order valence-electron chi connectivity index (χ1n) is 13.2. The lowest BCUT2D eigenvalue weighted by atomic mass is 9.49. The van der Waals surface area contributed by atoms with Crippen molar-refractivity contribution in [2.45, 2.75) is 128 Å². The van der Waals surface area contributed by atoms with E-state index in [9.17, 15) is 4.79 Å². The molecule has 0 spiro atoms. The maximum absolute atomic E-state index is 13.1. The van der Waals surface area contributed by atoms with Gasteiger partial charge >= 0.3 is 5.97 Å². The predicted molar refractivity (Wildman–Crippen MR) is 130 cm³/mol. The normalized spacial score (nSPS) is 32.7. The summed E-state index contributed by atoms with van der Waals surface area (Å²) in [6.07, 6.45) is 20.7. The smallest absolute Gasteiger partial charge is 0.312 e. The van der Waals surface area contributed by atoms with Gasteiger partial charge in [0.15, 0.2) is 0 Å². The highest BCUT2D eigenvalue weighted by Crippen LogP contribution is 2.60. The van der Waals surface area contributed by atoms with Crippen LogP contribution >= 0.6 is 15.9 Å². The largest absolute Gasteiger partial charge is 0.465 e. The Kier molecular flexibility index (Phi) is 9.17. The van der Waals surface area contributed by atoms with Crippen molar-refractivity contribution in [2.75, 3.05) is 6.61 Å². The van der Waals surface area contributed by atoms with E-state index >= 15 is 0 Å². The summed E-state index contributed by atoms with van der Waals surface area (Å²) >= 11 is 3.98. The third kappa shape index (κ3) is 6.48. The van der Waals surface area contributed by atoms with Crippen LogP contribution < -0.4 is 0 Å². The molecular formula is C27H47BrO2. The van der Waals surface area contributed by atoms with Crippen molar-refractivity contribution in [3.63, 3.8) is 0 Å². The predicted octanol–water partition coefficient (Wildman–Crippen LogP) is 8.46. The molecule has 0 N–H and O–H groups in total. The number of carbonyl (C=O) groups is 1. The van der Waals surface area contributed by atoms with E-state index in [1.54, 1.807) is 0 Å². The molecule has 2 atom stereocenters. The Morgan fingerprint density at radius 2 is 1.47 bits per heavy atom. The second-order valence-electron chi connectivity index (χ2n) is 11.5. The molecule has 4 fully saturated rings. The molecule has 4 aliphatic carbocycles. The van der Waals surface area contributed by atoms with Crippen molar-refractivity contribution < 1.29 is 9.53 Å². The number of halogens is 1. The number of rotatable bonds is 14. The van der Waals surface area contributed by atoms with E-state index in [-0.39, 0.29) is 15.7 Å². The van der Waals surface area contributed by atoms with Gasteiger partial charge in [0.25, 0.3) is 0 Å². The second-order valence-corrected chi connectivity index (χ2v) is 13.3.